The van der Waals surface area contributed by atoms with E-state index in [1.54, 1.807) is 0 Å². The molecule has 1 aliphatic rings. The van der Waals surface area contributed by atoms with Crippen molar-refractivity contribution in [3.05, 3.63) is 33.8 Å². The van der Waals surface area contributed by atoms with Crippen LogP contribution in [0.5, 0.6) is 0 Å². The van der Waals surface area contributed by atoms with Crippen LogP contribution in [0.1, 0.15) is 37.8 Å². The van der Waals surface area contributed by atoms with Crippen LogP contribution < -0.4 is 5.32 Å². The summed E-state index contributed by atoms with van der Waals surface area (Å²) in [6.45, 7) is 3.94. The molecule has 1 N–H and O–H groups in total. The molecule has 0 spiro atoms. The van der Waals surface area contributed by atoms with Crippen LogP contribution in [0, 0.1) is 0 Å². The number of hydrogen-bond donors (Lipinski definition) is 1. The Balaban J connectivity index is 2.23. The lowest BCUT2D eigenvalue weighted by Crippen LogP contribution is -2.32. The molecule has 0 aromatic heterocycles. The van der Waals surface area contributed by atoms with Crippen LogP contribution in [0.25, 0.3) is 0 Å². The first-order chi connectivity index (χ1) is 8.72. The number of ether oxygens (including phenoxy) is 1. The summed E-state index contributed by atoms with van der Waals surface area (Å²) in [6.07, 6.45) is 3.48. The molecule has 2 nitrogen and oxygen atoms in total. The normalized spacial score (nSPS) is 21.2. The van der Waals surface area contributed by atoms with E-state index in [1.165, 1.54) is 0 Å². The van der Waals surface area contributed by atoms with Crippen molar-refractivity contribution in [2.24, 2.45) is 0 Å². The zero-order valence-electron chi connectivity index (χ0n) is 10.6. The van der Waals surface area contributed by atoms with Gasteiger partial charge in [-0.2, -0.15) is 0 Å². The van der Waals surface area contributed by atoms with Crippen molar-refractivity contribution in [1.29, 1.82) is 0 Å². The minimum Gasteiger partial charge on any atom is -0.376 e. The maximum atomic E-state index is 6.29. The molecule has 0 bridgehead atoms. The molecule has 1 aromatic rings. The molecule has 2 rings (SSSR count). The maximum absolute atomic E-state index is 6.29. The van der Waals surface area contributed by atoms with Crippen LogP contribution in [-0.2, 0) is 4.74 Å². The second-order valence-electron chi connectivity index (χ2n) is 4.65. The second-order valence-corrected chi connectivity index (χ2v) is 5.49. The van der Waals surface area contributed by atoms with Gasteiger partial charge < -0.3 is 10.1 Å². The van der Waals surface area contributed by atoms with Gasteiger partial charge in [-0.25, -0.2) is 0 Å². The summed E-state index contributed by atoms with van der Waals surface area (Å²) in [6, 6.07) is 5.76. The van der Waals surface area contributed by atoms with E-state index < -0.39 is 0 Å². The number of benzene rings is 1. The van der Waals surface area contributed by atoms with E-state index in [1.807, 2.05) is 18.2 Å². The van der Waals surface area contributed by atoms with E-state index in [0.717, 1.165) is 48.0 Å². The molecule has 18 heavy (non-hydrogen) atoms. The Morgan fingerprint density at radius 1 is 1.44 bits per heavy atom. The monoisotopic (exact) mass is 287 g/mol. The van der Waals surface area contributed by atoms with Gasteiger partial charge in [0, 0.05) is 16.7 Å². The Labute approximate surface area is 119 Å². The van der Waals surface area contributed by atoms with Gasteiger partial charge in [0.2, 0.25) is 0 Å². The molecular formula is C14H19Cl2NO. The van der Waals surface area contributed by atoms with Crippen LogP contribution in [0.4, 0.5) is 0 Å². The highest BCUT2D eigenvalue weighted by Crippen LogP contribution is 2.33. The van der Waals surface area contributed by atoms with E-state index >= 15 is 0 Å². The lowest BCUT2D eigenvalue weighted by atomic mass is 9.99. The van der Waals surface area contributed by atoms with Gasteiger partial charge in [0.05, 0.1) is 12.1 Å². The van der Waals surface area contributed by atoms with Crippen molar-refractivity contribution < 1.29 is 4.74 Å². The summed E-state index contributed by atoms with van der Waals surface area (Å²) in [5, 5.41) is 5.00. The Hall–Kier alpha value is -0.280. The number of rotatable bonds is 5. The molecule has 4 heteroatoms. The van der Waals surface area contributed by atoms with E-state index in [2.05, 4.69) is 12.2 Å². The number of nitrogens with one attached hydrogen (secondary N) is 1. The SMILES string of the molecule is CCCNC(c1cc(Cl)ccc1Cl)C1CCCO1. The Morgan fingerprint density at radius 3 is 2.94 bits per heavy atom. The predicted octanol–water partition coefficient (Wildman–Crippen LogP) is 4.21. The minimum atomic E-state index is 0.138. The van der Waals surface area contributed by atoms with Gasteiger partial charge in [-0.1, -0.05) is 30.1 Å². The highest BCUT2D eigenvalue weighted by atomic mass is 35.5. The molecule has 0 radical (unpaired) electrons. The molecule has 1 aromatic carbocycles. The first-order valence-corrected chi connectivity index (χ1v) is 7.28. The largest absolute Gasteiger partial charge is 0.376 e. The van der Waals surface area contributed by atoms with E-state index in [4.69, 9.17) is 27.9 Å². The van der Waals surface area contributed by atoms with Gasteiger partial charge in [0.25, 0.3) is 0 Å². The lowest BCUT2D eigenvalue weighted by Gasteiger charge is -2.25. The van der Waals surface area contributed by atoms with Crippen LogP contribution in [-0.4, -0.2) is 19.3 Å². The van der Waals surface area contributed by atoms with Crippen LogP contribution in [0.3, 0.4) is 0 Å². The van der Waals surface area contributed by atoms with Gasteiger partial charge in [-0.05, 0) is 49.6 Å². The topological polar surface area (TPSA) is 21.3 Å². The van der Waals surface area contributed by atoms with E-state index in [9.17, 15) is 0 Å². The fourth-order valence-electron chi connectivity index (χ4n) is 2.36. The summed E-state index contributed by atoms with van der Waals surface area (Å²) in [5.41, 5.74) is 1.05. The van der Waals surface area contributed by atoms with Crippen LogP contribution >= 0.6 is 23.2 Å². The van der Waals surface area contributed by atoms with E-state index in [0.29, 0.717) is 0 Å². The van der Waals surface area contributed by atoms with Crippen molar-refractivity contribution in [1.82, 2.24) is 5.32 Å². The van der Waals surface area contributed by atoms with E-state index in [-0.39, 0.29) is 12.1 Å². The lowest BCUT2D eigenvalue weighted by molar-refractivity contribution is 0.0783. The molecular weight excluding hydrogens is 269 g/mol. The first kappa shape index (κ1) is 14.1. The van der Waals surface area contributed by atoms with Crippen LogP contribution in [0.15, 0.2) is 18.2 Å². The molecule has 0 aliphatic carbocycles. The average Bonchev–Trinajstić information content (AvgIpc) is 2.88. The molecule has 1 fully saturated rings. The van der Waals surface area contributed by atoms with Crippen molar-refractivity contribution in [2.45, 2.75) is 38.3 Å². The van der Waals surface area contributed by atoms with Gasteiger partial charge in [-0.15, -0.1) is 0 Å². The zero-order valence-corrected chi connectivity index (χ0v) is 12.1. The van der Waals surface area contributed by atoms with Crippen molar-refractivity contribution in [2.75, 3.05) is 13.2 Å². The fourth-order valence-corrected chi connectivity index (χ4v) is 2.78. The van der Waals surface area contributed by atoms with Crippen molar-refractivity contribution in [3.8, 4) is 0 Å². The Bertz CT molecular complexity index is 391. The summed E-state index contributed by atoms with van der Waals surface area (Å²) in [5.74, 6) is 0. The number of hydrogen-bond acceptors (Lipinski definition) is 2. The summed E-state index contributed by atoms with van der Waals surface area (Å²) in [7, 11) is 0. The smallest absolute Gasteiger partial charge is 0.0771 e. The van der Waals surface area contributed by atoms with Gasteiger partial charge in [0.1, 0.15) is 0 Å². The number of halogens is 2. The third-order valence-corrected chi connectivity index (χ3v) is 3.82. The quantitative estimate of drug-likeness (QED) is 0.876. The predicted molar refractivity (Wildman–Crippen MR) is 76.5 cm³/mol. The molecule has 100 valence electrons. The van der Waals surface area contributed by atoms with Gasteiger partial charge in [-0.3, -0.25) is 0 Å². The van der Waals surface area contributed by atoms with Crippen LogP contribution in [0.2, 0.25) is 10.0 Å². The third kappa shape index (κ3) is 3.39. The third-order valence-electron chi connectivity index (χ3n) is 3.24. The Kier molecular flexibility index (Phi) is 5.31. The summed E-state index contributed by atoms with van der Waals surface area (Å²) < 4.78 is 5.80. The second kappa shape index (κ2) is 6.76. The van der Waals surface area contributed by atoms with Gasteiger partial charge in [0.15, 0.2) is 0 Å². The molecule has 2 unspecified atom stereocenters. The highest BCUT2D eigenvalue weighted by molar-refractivity contribution is 6.33. The molecule has 1 saturated heterocycles. The minimum absolute atomic E-state index is 0.138. The van der Waals surface area contributed by atoms with Crippen molar-refractivity contribution >= 4 is 23.2 Å². The first-order valence-electron chi connectivity index (χ1n) is 6.52. The molecule has 1 heterocycles. The summed E-state index contributed by atoms with van der Waals surface area (Å²) in [4.78, 5) is 0. The Morgan fingerprint density at radius 2 is 2.28 bits per heavy atom. The molecule has 0 amide bonds. The summed E-state index contributed by atoms with van der Waals surface area (Å²) >= 11 is 12.4. The standard InChI is InChI=1S/C14H19Cl2NO/c1-2-7-17-14(13-4-3-8-18-13)11-9-10(15)5-6-12(11)16/h5-6,9,13-14,17H,2-4,7-8H2,1H3. The average molecular weight is 288 g/mol. The molecule has 1 aliphatic heterocycles. The molecule has 2 atom stereocenters. The van der Waals surface area contributed by atoms with Gasteiger partial charge >= 0.3 is 0 Å². The maximum Gasteiger partial charge on any atom is 0.0771 e. The molecule has 0 saturated carbocycles. The van der Waals surface area contributed by atoms with Crippen molar-refractivity contribution in [3.63, 3.8) is 0 Å². The zero-order chi connectivity index (χ0) is 13.0. The fraction of sp³-hybridized carbons (Fsp3) is 0.571. The highest BCUT2D eigenvalue weighted by Gasteiger charge is 2.28.